The van der Waals surface area contributed by atoms with E-state index < -0.39 is 23.2 Å². The SMILES string of the molecule is CN(CC(C)(C)CO)C(=O)c1c(-c2ccc(Cl)cc2)cc(C(F)(F)F)n1Cc1ccccc1. The number of carbonyl (C=O) groups is 1. The zero-order valence-electron chi connectivity index (χ0n) is 18.7. The average Bonchev–Trinajstić information content (AvgIpc) is 3.13. The molecule has 1 N–H and O–H groups in total. The molecule has 0 saturated heterocycles. The largest absolute Gasteiger partial charge is 0.431 e. The summed E-state index contributed by atoms with van der Waals surface area (Å²) in [6, 6.07) is 16.1. The molecule has 0 spiro atoms. The quantitative estimate of drug-likeness (QED) is 0.455. The van der Waals surface area contributed by atoms with Crippen LogP contribution in [-0.4, -0.2) is 40.7 Å². The summed E-state index contributed by atoms with van der Waals surface area (Å²) in [4.78, 5) is 14.9. The topological polar surface area (TPSA) is 45.5 Å². The molecule has 0 unspecified atom stereocenters. The summed E-state index contributed by atoms with van der Waals surface area (Å²) < 4.78 is 43.4. The maximum absolute atomic E-state index is 14.1. The number of aliphatic hydroxyl groups is 1. The maximum Gasteiger partial charge on any atom is 0.431 e. The second-order valence-electron chi connectivity index (χ2n) is 8.85. The molecule has 1 aromatic heterocycles. The molecule has 1 heterocycles. The van der Waals surface area contributed by atoms with Gasteiger partial charge in [0.05, 0.1) is 0 Å². The van der Waals surface area contributed by atoms with E-state index in [1.54, 1.807) is 68.4 Å². The highest BCUT2D eigenvalue weighted by molar-refractivity contribution is 6.30. The van der Waals surface area contributed by atoms with Crippen molar-refractivity contribution in [3.8, 4) is 11.1 Å². The van der Waals surface area contributed by atoms with E-state index in [9.17, 15) is 23.1 Å². The predicted octanol–water partition coefficient (Wildman–Crippen LogP) is 5.97. The normalized spacial score (nSPS) is 12.1. The lowest BCUT2D eigenvalue weighted by Gasteiger charge is -2.29. The van der Waals surface area contributed by atoms with Gasteiger partial charge in [-0.25, -0.2) is 0 Å². The molecule has 3 rings (SSSR count). The van der Waals surface area contributed by atoms with Crippen LogP contribution in [-0.2, 0) is 12.7 Å². The molecule has 0 fully saturated rings. The van der Waals surface area contributed by atoms with Crippen LogP contribution in [0.3, 0.4) is 0 Å². The number of rotatable bonds is 7. The molecular weight excluding hydrogens is 453 g/mol. The number of aliphatic hydroxyl groups excluding tert-OH is 1. The fourth-order valence-electron chi connectivity index (χ4n) is 3.74. The minimum atomic E-state index is -4.67. The summed E-state index contributed by atoms with van der Waals surface area (Å²) >= 11 is 5.97. The van der Waals surface area contributed by atoms with Crippen molar-refractivity contribution in [2.45, 2.75) is 26.6 Å². The van der Waals surface area contributed by atoms with E-state index >= 15 is 0 Å². The maximum atomic E-state index is 14.1. The molecular formula is C25H26ClF3N2O2. The molecule has 33 heavy (non-hydrogen) atoms. The first-order valence-corrected chi connectivity index (χ1v) is 10.8. The summed E-state index contributed by atoms with van der Waals surface area (Å²) in [5, 5.41) is 10.0. The van der Waals surface area contributed by atoms with Crippen molar-refractivity contribution in [1.82, 2.24) is 9.47 Å². The number of hydrogen-bond acceptors (Lipinski definition) is 2. The highest BCUT2D eigenvalue weighted by Gasteiger charge is 2.39. The fourth-order valence-corrected chi connectivity index (χ4v) is 3.86. The molecule has 0 aliphatic rings. The standard InChI is InChI=1S/C25H26ClF3N2O2/c1-24(2,16-32)15-30(3)23(33)22-20(18-9-11-19(26)12-10-18)13-21(25(27,28)29)31(22)14-17-7-5-4-6-8-17/h4-13,32H,14-16H2,1-3H3. The van der Waals surface area contributed by atoms with E-state index in [0.29, 0.717) is 16.1 Å². The van der Waals surface area contributed by atoms with Crippen LogP contribution in [0.2, 0.25) is 5.02 Å². The number of hydrogen-bond donors (Lipinski definition) is 1. The molecule has 0 aliphatic carbocycles. The third kappa shape index (κ3) is 5.78. The molecule has 0 bridgehead atoms. The first-order valence-electron chi connectivity index (χ1n) is 10.4. The van der Waals surface area contributed by atoms with Gasteiger partial charge in [0.1, 0.15) is 11.4 Å². The fraction of sp³-hybridized carbons (Fsp3) is 0.320. The first kappa shape index (κ1) is 24.9. The Labute approximate surface area is 196 Å². The van der Waals surface area contributed by atoms with Gasteiger partial charge in [0.15, 0.2) is 0 Å². The highest BCUT2D eigenvalue weighted by Crippen LogP contribution is 2.38. The molecule has 176 valence electrons. The van der Waals surface area contributed by atoms with Gasteiger partial charge in [-0.15, -0.1) is 0 Å². The van der Waals surface area contributed by atoms with Gasteiger partial charge in [-0.2, -0.15) is 13.2 Å². The number of halogens is 4. The number of nitrogens with zero attached hydrogens (tertiary/aromatic N) is 2. The van der Waals surface area contributed by atoms with Crippen molar-refractivity contribution in [3.05, 3.63) is 82.6 Å². The predicted molar refractivity (Wildman–Crippen MR) is 123 cm³/mol. The molecule has 2 aromatic carbocycles. The van der Waals surface area contributed by atoms with Crippen LogP contribution in [0.4, 0.5) is 13.2 Å². The molecule has 0 atom stereocenters. The van der Waals surface area contributed by atoms with Gasteiger partial charge in [-0.3, -0.25) is 4.79 Å². The lowest BCUT2D eigenvalue weighted by molar-refractivity contribution is -0.143. The zero-order chi connectivity index (χ0) is 24.4. The molecule has 1 amide bonds. The molecule has 3 aromatic rings. The van der Waals surface area contributed by atoms with Crippen LogP contribution in [0, 0.1) is 5.41 Å². The Hall–Kier alpha value is -2.77. The minimum Gasteiger partial charge on any atom is -0.396 e. The van der Waals surface area contributed by atoms with Gasteiger partial charge in [-0.05, 0) is 29.3 Å². The minimum absolute atomic E-state index is 0.0651. The van der Waals surface area contributed by atoms with Gasteiger partial charge < -0.3 is 14.6 Å². The first-order chi connectivity index (χ1) is 15.4. The number of amides is 1. The van der Waals surface area contributed by atoms with Gasteiger partial charge in [0.25, 0.3) is 5.91 Å². The monoisotopic (exact) mass is 478 g/mol. The lowest BCUT2D eigenvalue weighted by Crippen LogP contribution is -2.39. The van der Waals surface area contributed by atoms with Crippen LogP contribution >= 0.6 is 11.6 Å². The Morgan fingerprint density at radius 3 is 2.21 bits per heavy atom. The van der Waals surface area contributed by atoms with E-state index in [0.717, 1.165) is 10.6 Å². The second-order valence-corrected chi connectivity index (χ2v) is 9.29. The van der Waals surface area contributed by atoms with Crippen LogP contribution in [0.5, 0.6) is 0 Å². The highest BCUT2D eigenvalue weighted by atomic mass is 35.5. The lowest BCUT2D eigenvalue weighted by atomic mass is 9.94. The van der Waals surface area contributed by atoms with Crippen molar-refractivity contribution in [2.75, 3.05) is 20.2 Å². The summed E-state index contributed by atoms with van der Waals surface area (Å²) in [5.74, 6) is -0.562. The van der Waals surface area contributed by atoms with Gasteiger partial charge in [0.2, 0.25) is 0 Å². The van der Waals surface area contributed by atoms with Gasteiger partial charge in [0, 0.05) is 42.7 Å². The van der Waals surface area contributed by atoms with Crippen molar-refractivity contribution in [3.63, 3.8) is 0 Å². The number of benzene rings is 2. The van der Waals surface area contributed by atoms with E-state index in [2.05, 4.69) is 0 Å². The van der Waals surface area contributed by atoms with Gasteiger partial charge >= 0.3 is 6.18 Å². The molecule has 0 saturated carbocycles. The van der Waals surface area contributed by atoms with Crippen LogP contribution in [0.15, 0.2) is 60.7 Å². The Morgan fingerprint density at radius 1 is 1.06 bits per heavy atom. The van der Waals surface area contributed by atoms with Gasteiger partial charge in [-0.1, -0.05) is 67.9 Å². The number of alkyl halides is 3. The third-order valence-corrected chi connectivity index (χ3v) is 5.62. The summed E-state index contributed by atoms with van der Waals surface area (Å²) in [5.41, 5.74) is -0.328. The average molecular weight is 479 g/mol. The number of carbonyl (C=O) groups excluding carboxylic acids is 1. The van der Waals surface area contributed by atoms with Crippen molar-refractivity contribution in [2.24, 2.45) is 5.41 Å². The van der Waals surface area contributed by atoms with E-state index in [-0.39, 0.29) is 31.0 Å². The Bertz CT molecular complexity index is 1110. The van der Waals surface area contributed by atoms with Crippen LogP contribution in [0.25, 0.3) is 11.1 Å². The molecule has 4 nitrogen and oxygen atoms in total. The van der Waals surface area contributed by atoms with Crippen molar-refractivity contribution < 1.29 is 23.1 Å². The third-order valence-electron chi connectivity index (χ3n) is 5.37. The molecule has 8 heteroatoms. The summed E-state index contributed by atoms with van der Waals surface area (Å²) in [6.07, 6.45) is -4.67. The number of aromatic nitrogens is 1. The van der Waals surface area contributed by atoms with Crippen molar-refractivity contribution >= 4 is 17.5 Å². The summed E-state index contributed by atoms with van der Waals surface area (Å²) in [7, 11) is 1.53. The molecule has 0 aliphatic heterocycles. The smallest absolute Gasteiger partial charge is 0.396 e. The molecule has 0 radical (unpaired) electrons. The van der Waals surface area contributed by atoms with Crippen LogP contribution in [0.1, 0.15) is 35.6 Å². The second kappa shape index (κ2) is 9.61. The van der Waals surface area contributed by atoms with Crippen LogP contribution < -0.4 is 0 Å². The Morgan fingerprint density at radius 2 is 1.67 bits per heavy atom. The van der Waals surface area contributed by atoms with Crippen molar-refractivity contribution in [1.29, 1.82) is 0 Å². The summed E-state index contributed by atoms with van der Waals surface area (Å²) in [6.45, 7) is 3.43. The zero-order valence-corrected chi connectivity index (χ0v) is 19.4. The van der Waals surface area contributed by atoms with E-state index in [1.807, 2.05) is 0 Å². The Balaban J connectivity index is 2.22. The Kier molecular flexibility index (Phi) is 7.24. The van der Waals surface area contributed by atoms with E-state index in [1.165, 1.54) is 11.9 Å². The van der Waals surface area contributed by atoms with E-state index in [4.69, 9.17) is 11.6 Å².